The number of nitrogens with zero attached hydrogens (tertiary/aromatic N) is 3. The van der Waals surface area contributed by atoms with Crippen LogP contribution in [-0.4, -0.2) is 25.5 Å². The van der Waals surface area contributed by atoms with Crippen LogP contribution < -0.4 is 16.2 Å². The smallest absolute Gasteiger partial charge is 0.277 e. The van der Waals surface area contributed by atoms with Crippen LogP contribution in [0.2, 0.25) is 0 Å². The number of aromatic nitrogens is 4. The predicted octanol–water partition coefficient (Wildman–Crippen LogP) is 2.65. The highest BCUT2D eigenvalue weighted by atomic mass is 32.1. The molecule has 0 radical (unpaired) electrons. The molecule has 30 heavy (non-hydrogen) atoms. The molecule has 3 heterocycles. The van der Waals surface area contributed by atoms with E-state index < -0.39 is 0 Å². The minimum absolute atomic E-state index is 0.106. The van der Waals surface area contributed by atoms with Crippen molar-refractivity contribution in [2.45, 2.75) is 32.9 Å². The first-order chi connectivity index (χ1) is 14.6. The van der Waals surface area contributed by atoms with Crippen LogP contribution in [0.3, 0.4) is 0 Å². The highest BCUT2D eigenvalue weighted by Gasteiger charge is 2.14. The van der Waals surface area contributed by atoms with Crippen molar-refractivity contribution in [2.75, 3.05) is 5.32 Å². The van der Waals surface area contributed by atoms with Gasteiger partial charge in [0, 0.05) is 23.4 Å². The van der Waals surface area contributed by atoms with Crippen LogP contribution in [-0.2, 0) is 24.3 Å². The van der Waals surface area contributed by atoms with Crippen molar-refractivity contribution in [1.29, 1.82) is 0 Å². The van der Waals surface area contributed by atoms with Gasteiger partial charge < -0.3 is 10.6 Å². The van der Waals surface area contributed by atoms with Gasteiger partial charge in [0.1, 0.15) is 0 Å². The Hall–Kier alpha value is -3.46. The zero-order valence-corrected chi connectivity index (χ0v) is 17.3. The topological polar surface area (TPSA) is 104 Å². The SMILES string of the molecule is Cc1nc2nc(NCc3cccs3)[nH]n2c(=O)c1CCC(=O)NCc1ccccc1. The van der Waals surface area contributed by atoms with Crippen molar-refractivity contribution in [1.82, 2.24) is 24.9 Å². The zero-order valence-electron chi connectivity index (χ0n) is 16.5. The van der Waals surface area contributed by atoms with Crippen LogP contribution in [0.25, 0.3) is 5.78 Å². The first-order valence-corrected chi connectivity index (χ1v) is 10.5. The molecule has 9 heteroatoms. The lowest BCUT2D eigenvalue weighted by Gasteiger charge is -2.07. The second-order valence-corrected chi connectivity index (χ2v) is 7.92. The molecule has 0 bridgehead atoms. The summed E-state index contributed by atoms with van der Waals surface area (Å²) in [6.45, 7) is 2.85. The molecule has 3 aromatic heterocycles. The number of amides is 1. The Morgan fingerprint density at radius 2 is 1.97 bits per heavy atom. The molecule has 0 spiro atoms. The maximum absolute atomic E-state index is 12.9. The first-order valence-electron chi connectivity index (χ1n) is 9.65. The third-order valence-electron chi connectivity index (χ3n) is 4.74. The number of anilines is 1. The average molecular weight is 423 g/mol. The van der Waals surface area contributed by atoms with E-state index in [1.54, 1.807) is 18.3 Å². The van der Waals surface area contributed by atoms with Crippen molar-refractivity contribution in [3.63, 3.8) is 0 Å². The summed E-state index contributed by atoms with van der Waals surface area (Å²) in [5.74, 6) is 0.680. The maximum atomic E-state index is 12.9. The van der Waals surface area contributed by atoms with Crippen LogP contribution in [0.15, 0.2) is 52.6 Å². The van der Waals surface area contributed by atoms with E-state index >= 15 is 0 Å². The lowest BCUT2D eigenvalue weighted by molar-refractivity contribution is -0.121. The van der Waals surface area contributed by atoms with Crippen molar-refractivity contribution in [2.24, 2.45) is 0 Å². The lowest BCUT2D eigenvalue weighted by atomic mass is 10.1. The van der Waals surface area contributed by atoms with Gasteiger partial charge in [-0.25, -0.2) is 4.98 Å². The molecule has 3 N–H and O–H groups in total. The van der Waals surface area contributed by atoms with Gasteiger partial charge in [-0.05, 0) is 30.4 Å². The monoisotopic (exact) mass is 422 g/mol. The van der Waals surface area contributed by atoms with Gasteiger partial charge in [-0.1, -0.05) is 36.4 Å². The fourth-order valence-corrected chi connectivity index (χ4v) is 3.77. The van der Waals surface area contributed by atoms with Gasteiger partial charge in [0.2, 0.25) is 11.9 Å². The quantitative estimate of drug-likeness (QED) is 0.405. The van der Waals surface area contributed by atoms with Gasteiger partial charge in [-0.15, -0.1) is 11.3 Å². The van der Waals surface area contributed by atoms with E-state index in [0.29, 0.717) is 42.5 Å². The number of aryl methyl sites for hydroxylation is 1. The van der Waals surface area contributed by atoms with Gasteiger partial charge in [0.05, 0.1) is 12.2 Å². The molecule has 0 saturated heterocycles. The normalized spacial score (nSPS) is 11.0. The van der Waals surface area contributed by atoms with Crippen LogP contribution in [0.1, 0.15) is 28.1 Å². The maximum Gasteiger partial charge on any atom is 0.277 e. The molecule has 0 aliphatic carbocycles. The summed E-state index contributed by atoms with van der Waals surface area (Å²) in [4.78, 5) is 35.0. The minimum atomic E-state index is -0.231. The van der Waals surface area contributed by atoms with E-state index in [-0.39, 0.29) is 17.9 Å². The number of carbonyl (C=O) groups excluding carboxylic acids is 1. The molecule has 0 saturated carbocycles. The summed E-state index contributed by atoms with van der Waals surface area (Å²) in [6.07, 6.45) is 0.534. The van der Waals surface area contributed by atoms with E-state index in [1.165, 1.54) is 4.52 Å². The molecule has 0 aliphatic rings. The molecule has 0 aliphatic heterocycles. The van der Waals surface area contributed by atoms with Crippen LogP contribution >= 0.6 is 11.3 Å². The van der Waals surface area contributed by atoms with Crippen molar-refractivity contribution >= 4 is 29.0 Å². The van der Waals surface area contributed by atoms with Crippen LogP contribution in [0.4, 0.5) is 5.95 Å². The fourth-order valence-electron chi connectivity index (χ4n) is 3.13. The van der Waals surface area contributed by atoms with Gasteiger partial charge >= 0.3 is 0 Å². The number of benzene rings is 1. The molecule has 8 nitrogen and oxygen atoms in total. The number of hydrogen-bond donors (Lipinski definition) is 3. The molecular formula is C21H22N6O2S. The first kappa shape index (κ1) is 19.8. The molecular weight excluding hydrogens is 400 g/mol. The zero-order chi connectivity index (χ0) is 20.9. The van der Waals surface area contributed by atoms with Crippen molar-refractivity contribution in [3.05, 3.63) is 79.9 Å². The highest BCUT2D eigenvalue weighted by molar-refractivity contribution is 7.09. The van der Waals surface area contributed by atoms with Gasteiger partial charge in [-0.3, -0.25) is 14.7 Å². The minimum Gasteiger partial charge on any atom is -0.352 e. The molecule has 1 aromatic carbocycles. The number of rotatable bonds is 8. The Bertz CT molecular complexity index is 1200. The van der Waals surface area contributed by atoms with Gasteiger partial charge in [-0.2, -0.15) is 9.50 Å². The Labute approximate surface area is 177 Å². The number of thiophene rings is 1. The number of H-pyrrole nitrogens is 1. The van der Waals surface area contributed by atoms with Gasteiger partial charge in [0.25, 0.3) is 11.3 Å². The fraction of sp³-hybridized carbons (Fsp3) is 0.238. The summed E-state index contributed by atoms with van der Waals surface area (Å²) in [5.41, 5.74) is 1.90. The summed E-state index contributed by atoms with van der Waals surface area (Å²) < 4.78 is 1.32. The van der Waals surface area contributed by atoms with E-state index in [0.717, 1.165) is 10.4 Å². The second kappa shape index (κ2) is 8.91. The number of carbonyl (C=O) groups is 1. The number of hydrogen-bond acceptors (Lipinski definition) is 6. The Morgan fingerprint density at radius 1 is 1.13 bits per heavy atom. The number of fused-ring (bicyclic) bond motifs is 1. The van der Waals surface area contributed by atoms with Crippen LogP contribution in [0, 0.1) is 6.92 Å². The van der Waals surface area contributed by atoms with Gasteiger partial charge in [0.15, 0.2) is 0 Å². The molecule has 1 amide bonds. The Balaban J connectivity index is 1.42. The Morgan fingerprint density at radius 3 is 2.73 bits per heavy atom. The molecule has 0 fully saturated rings. The molecule has 0 atom stereocenters. The number of nitrogens with one attached hydrogen (secondary N) is 3. The second-order valence-electron chi connectivity index (χ2n) is 6.88. The van der Waals surface area contributed by atoms with E-state index in [9.17, 15) is 9.59 Å². The third kappa shape index (κ3) is 4.57. The van der Waals surface area contributed by atoms with Crippen molar-refractivity contribution in [3.8, 4) is 0 Å². The number of aromatic amines is 1. The molecule has 154 valence electrons. The summed E-state index contributed by atoms with van der Waals surface area (Å²) in [6, 6.07) is 13.7. The lowest BCUT2D eigenvalue weighted by Crippen LogP contribution is -2.26. The average Bonchev–Trinajstić information content (AvgIpc) is 3.41. The van der Waals surface area contributed by atoms with E-state index in [4.69, 9.17) is 0 Å². The van der Waals surface area contributed by atoms with Crippen molar-refractivity contribution < 1.29 is 4.79 Å². The largest absolute Gasteiger partial charge is 0.352 e. The summed E-state index contributed by atoms with van der Waals surface area (Å²) in [7, 11) is 0. The highest BCUT2D eigenvalue weighted by Crippen LogP contribution is 2.11. The van der Waals surface area contributed by atoms with Crippen LogP contribution in [0.5, 0.6) is 0 Å². The summed E-state index contributed by atoms with van der Waals surface area (Å²) in [5, 5.41) is 11.0. The van der Waals surface area contributed by atoms with E-state index in [1.807, 2.05) is 47.8 Å². The summed E-state index contributed by atoms with van der Waals surface area (Å²) >= 11 is 1.64. The molecule has 0 unspecified atom stereocenters. The molecule has 4 rings (SSSR count). The molecule has 4 aromatic rings. The standard InChI is InChI=1S/C21H22N6O2S/c1-14-17(9-10-18(28)22-12-15-6-3-2-4-7-15)19(29)27-21(24-14)25-20(26-27)23-13-16-8-5-11-30-16/h2-8,11H,9-10,12-13H2,1H3,(H,22,28)(H2,23,24,25,26). The third-order valence-corrected chi connectivity index (χ3v) is 5.62. The Kier molecular flexibility index (Phi) is 5.89. The van der Waals surface area contributed by atoms with E-state index in [2.05, 4.69) is 25.7 Å². The predicted molar refractivity (Wildman–Crippen MR) is 117 cm³/mol.